The Kier molecular flexibility index (Phi) is 3.19. The quantitative estimate of drug-likeness (QED) is 0.814. The monoisotopic (exact) mass is 212 g/mol. The van der Waals surface area contributed by atoms with Crippen LogP contribution < -0.4 is 5.32 Å². The van der Waals surface area contributed by atoms with Gasteiger partial charge in [-0.25, -0.2) is 4.98 Å². The smallest absolute Gasteiger partial charge is 0.107 e. The van der Waals surface area contributed by atoms with Crippen LogP contribution in [0.1, 0.15) is 11.4 Å². The van der Waals surface area contributed by atoms with E-state index in [4.69, 9.17) is 5.26 Å². The second kappa shape index (κ2) is 4.99. The molecule has 0 atom stereocenters. The zero-order valence-corrected chi connectivity index (χ0v) is 8.77. The van der Waals surface area contributed by atoms with Gasteiger partial charge in [0, 0.05) is 25.4 Å². The molecule has 16 heavy (non-hydrogen) atoms. The molecule has 0 saturated carbocycles. The number of hydrogen-bond acceptors (Lipinski definition) is 3. The van der Waals surface area contributed by atoms with Crippen molar-refractivity contribution < 1.29 is 0 Å². The second-order valence-electron chi connectivity index (χ2n) is 3.37. The van der Waals surface area contributed by atoms with Crippen molar-refractivity contribution >= 4 is 5.69 Å². The summed E-state index contributed by atoms with van der Waals surface area (Å²) < 4.78 is 0. The van der Waals surface area contributed by atoms with E-state index in [-0.39, 0.29) is 0 Å². The highest BCUT2D eigenvalue weighted by molar-refractivity contribution is 5.57. The zero-order chi connectivity index (χ0) is 11.2. The number of benzene rings is 1. The van der Waals surface area contributed by atoms with Gasteiger partial charge in [-0.05, 0) is 12.1 Å². The largest absolute Gasteiger partial charge is 0.384 e. The highest BCUT2D eigenvalue weighted by atomic mass is 14.9. The van der Waals surface area contributed by atoms with Gasteiger partial charge in [0.15, 0.2) is 0 Å². The number of imidazole rings is 1. The Hall–Kier alpha value is -2.28. The van der Waals surface area contributed by atoms with Crippen molar-refractivity contribution in [2.75, 3.05) is 11.9 Å². The average Bonchev–Trinajstić information content (AvgIpc) is 2.83. The molecule has 80 valence electrons. The van der Waals surface area contributed by atoms with Crippen LogP contribution in [0.5, 0.6) is 0 Å². The third-order valence-electron chi connectivity index (χ3n) is 2.28. The maximum Gasteiger partial charge on any atom is 0.107 e. The van der Waals surface area contributed by atoms with E-state index in [1.165, 1.54) is 0 Å². The summed E-state index contributed by atoms with van der Waals surface area (Å²) in [5.41, 5.74) is 1.54. The van der Waals surface area contributed by atoms with E-state index in [1.807, 2.05) is 18.2 Å². The number of nitrogens with zero attached hydrogens (tertiary/aromatic N) is 2. The first kappa shape index (κ1) is 10.2. The van der Waals surface area contributed by atoms with E-state index in [0.717, 1.165) is 24.5 Å². The molecule has 4 nitrogen and oxygen atoms in total. The third kappa shape index (κ3) is 2.39. The Morgan fingerprint density at radius 1 is 1.38 bits per heavy atom. The SMILES string of the molecule is N#Cc1ccccc1NCCc1ncc[nH]1. The van der Waals surface area contributed by atoms with Gasteiger partial charge in [0.1, 0.15) is 11.9 Å². The minimum absolute atomic E-state index is 0.668. The summed E-state index contributed by atoms with van der Waals surface area (Å²) in [6.07, 6.45) is 4.35. The lowest BCUT2D eigenvalue weighted by Gasteiger charge is -2.06. The maximum atomic E-state index is 8.89. The van der Waals surface area contributed by atoms with Crippen LogP contribution in [-0.4, -0.2) is 16.5 Å². The van der Waals surface area contributed by atoms with Crippen molar-refractivity contribution in [1.29, 1.82) is 5.26 Å². The first-order valence-corrected chi connectivity index (χ1v) is 5.11. The molecule has 0 aliphatic carbocycles. The van der Waals surface area contributed by atoms with Crippen molar-refractivity contribution in [1.82, 2.24) is 9.97 Å². The summed E-state index contributed by atoms with van der Waals surface area (Å²) in [5, 5.41) is 12.1. The lowest BCUT2D eigenvalue weighted by atomic mass is 10.2. The van der Waals surface area contributed by atoms with E-state index >= 15 is 0 Å². The highest BCUT2D eigenvalue weighted by Crippen LogP contribution is 2.12. The summed E-state index contributed by atoms with van der Waals surface area (Å²) in [4.78, 5) is 7.17. The predicted molar refractivity (Wildman–Crippen MR) is 61.9 cm³/mol. The topological polar surface area (TPSA) is 64.5 Å². The molecule has 0 fully saturated rings. The number of rotatable bonds is 4. The molecule has 2 N–H and O–H groups in total. The number of nitrogens with one attached hydrogen (secondary N) is 2. The Labute approximate surface area is 94.0 Å². The molecule has 0 radical (unpaired) electrons. The molecular weight excluding hydrogens is 200 g/mol. The number of anilines is 1. The first-order valence-electron chi connectivity index (χ1n) is 5.11. The van der Waals surface area contributed by atoms with Crippen LogP contribution in [0, 0.1) is 11.3 Å². The molecule has 2 rings (SSSR count). The summed E-state index contributed by atoms with van der Waals surface area (Å²) in [5.74, 6) is 0.946. The molecular formula is C12H12N4. The first-order chi connectivity index (χ1) is 7.90. The van der Waals surface area contributed by atoms with E-state index in [2.05, 4.69) is 21.4 Å². The Bertz CT molecular complexity index is 482. The molecule has 2 aromatic rings. The van der Waals surface area contributed by atoms with Crippen LogP contribution >= 0.6 is 0 Å². The number of aromatic amines is 1. The highest BCUT2D eigenvalue weighted by Gasteiger charge is 1.99. The molecule has 0 unspecified atom stereocenters. The van der Waals surface area contributed by atoms with Gasteiger partial charge in [0.2, 0.25) is 0 Å². The second-order valence-corrected chi connectivity index (χ2v) is 3.37. The van der Waals surface area contributed by atoms with Gasteiger partial charge >= 0.3 is 0 Å². The lowest BCUT2D eigenvalue weighted by Crippen LogP contribution is -2.06. The Morgan fingerprint density at radius 2 is 2.25 bits per heavy atom. The fourth-order valence-electron chi connectivity index (χ4n) is 1.49. The van der Waals surface area contributed by atoms with Gasteiger partial charge < -0.3 is 10.3 Å². The number of hydrogen-bond donors (Lipinski definition) is 2. The molecule has 0 spiro atoms. The van der Waals surface area contributed by atoms with Gasteiger partial charge in [-0.2, -0.15) is 5.26 Å². The lowest BCUT2D eigenvalue weighted by molar-refractivity contribution is 0.927. The van der Waals surface area contributed by atoms with E-state index < -0.39 is 0 Å². The fraction of sp³-hybridized carbons (Fsp3) is 0.167. The van der Waals surface area contributed by atoms with Gasteiger partial charge in [-0.15, -0.1) is 0 Å². The average molecular weight is 212 g/mol. The van der Waals surface area contributed by atoms with Gasteiger partial charge in [-0.1, -0.05) is 12.1 Å². The van der Waals surface area contributed by atoms with Crippen molar-refractivity contribution in [2.45, 2.75) is 6.42 Å². The number of H-pyrrole nitrogens is 1. The van der Waals surface area contributed by atoms with Crippen LogP contribution in [0.2, 0.25) is 0 Å². The van der Waals surface area contributed by atoms with Crippen LogP contribution in [0.4, 0.5) is 5.69 Å². The van der Waals surface area contributed by atoms with Gasteiger partial charge in [-0.3, -0.25) is 0 Å². The summed E-state index contributed by atoms with van der Waals surface area (Å²) >= 11 is 0. The van der Waals surface area contributed by atoms with Crippen LogP contribution in [0.3, 0.4) is 0 Å². The third-order valence-corrected chi connectivity index (χ3v) is 2.28. The molecule has 1 aromatic carbocycles. The minimum atomic E-state index is 0.668. The standard InChI is InChI=1S/C12H12N4/c13-9-10-3-1-2-4-11(10)14-6-5-12-15-7-8-16-12/h1-4,7-8,14H,5-6H2,(H,15,16). The molecule has 0 bridgehead atoms. The summed E-state index contributed by atoms with van der Waals surface area (Å²) in [6, 6.07) is 9.63. The van der Waals surface area contributed by atoms with Crippen LogP contribution in [0.15, 0.2) is 36.7 Å². The molecule has 4 heteroatoms. The number of nitriles is 1. The normalized spacial score (nSPS) is 9.69. The van der Waals surface area contributed by atoms with Gasteiger partial charge in [0.05, 0.1) is 11.3 Å². The summed E-state index contributed by atoms with van der Waals surface area (Å²) in [7, 11) is 0. The number of aromatic nitrogens is 2. The van der Waals surface area contributed by atoms with Crippen LogP contribution in [0.25, 0.3) is 0 Å². The Morgan fingerprint density at radius 3 is 3.00 bits per heavy atom. The molecule has 0 aliphatic heterocycles. The van der Waals surface area contributed by atoms with Crippen molar-refractivity contribution in [3.63, 3.8) is 0 Å². The molecule has 1 aromatic heterocycles. The van der Waals surface area contributed by atoms with Crippen molar-refractivity contribution in [3.8, 4) is 6.07 Å². The van der Waals surface area contributed by atoms with E-state index in [9.17, 15) is 0 Å². The number of para-hydroxylation sites is 1. The van der Waals surface area contributed by atoms with Crippen molar-refractivity contribution in [2.24, 2.45) is 0 Å². The van der Waals surface area contributed by atoms with Crippen LogP contribution in [-0.2, 0) is 6.42 Å². The minimum Gasteiger partial charge on any atom is -0.384 e. The Balaban J connectivity index is 1.93. The zero-order valence-electron chi connectivity index (χ0n) is 8.77. The maximum absolute atomic E-state index is 8.89. The fourth-order valence-corrected chi connectivity index (χ4v) is 1.49. The predicted octanol–water partition coefficient (Wildman–Crippen LogP) is 1.94. The molecule has 0 aliphatic rings. The summed E-state index contributed by atoms with van der Waals surface area (Å²) in [6.45, 7) is 0.756. The molecule has 0 amide bonds. The van der Waals surface area contributed by atoms with Crippen molar-refractivity contribution in [3.05, 3.63) is 48.0 Å². The van der Waals surface area contributed by atoms with E-state index in [0.29, 0.717) is 5.56 Å². The van der Waals surface area contributed by atoms with E-state index in [1.54, 1.807) is 18.5 Å². The molecule has 0 saturated heterocycles. The van der Waals surface area contributed by atoms with Gasteiger partial charge in [0.25, 0.3) is 0 Å². The molecule has 1 heterocycles.